The second kappa shape index (κ2) is 4.69. The summed E-state index contributed by atoms with van der Waals surface area (Å²) in [6.45, 7) is -0.468. The molecule has 0 aromatic heterocycles. The number of hydrogen-bond acceptors (Lipinski definition) is 6. The third-order valence-corrected chi connectivity index (χ3v) is 5.00. The van der Waals surface area contributed by atoms with Gasteiger partial charge in [-0.15, -0.1) is 0 Å². The number of carbonyl (C=O) groups is 3. The van der Waals surface area contributed by atoms with Crippen molar-refractivity contribution < 1.29 is 29.3 Å². The molecule has 0 bridgehead atoms. The van der Waals surface area contributed by atoms with Crippen molar-refractivity contribution in [1.29, 1.82) is 0 Å². The van der Waals surface area contributed by atoms with E-state index in [2.05, 4.69) is 0 Å². The van der Waals surface area contributed by atoms with Gasteiger partial charge in [-0.1, -0.05) is 0 Å². The van der Waals surface area contributed by atoms with Crippen LogP contribution in [0.15, 0.2) is 36.7 Å². The fraction of sp³-hybridized carbons (Fsp3) is 0.167. The summed E-state index contributed by atoms with van der Waals surface area (Å²) >= 11 is 0. The predicted molar refractivity (Wildman–Crippen MR) is 86.7 cm³/mol. The first-order valence-electron chi connectivity index (χ1n) is 7.97. The summed E-state index contributed by atoms with van der Waals surface area (Å²) in [7, 11) is 0. The normalized spacial score (nSPS) is 22.9. The highest BCUT2D eigenvalue weighted by Crippen LogP contribution is 2.45. The van der Waals surface area contributed by atoms with Crippen LogP contribution in [0.25, 0.3) is 10.8 Å². The average molecular weight is 352 g/mol. The number of β-amino-alcohol motifs (C(OH)–C–C–N with tert-alkyl or cyclic N) is 1. The molecular formula is C18H12N2O6. The molecule has 5 rings (SSSR count). The monoisotopic (exact) mass is 352 g/mol. The van der Waals surface area contributed by atoms with Crippen molar-refractivity contribution in [3.05, 3.63) is 59.0 Å². The molecule has 1 atom stereocenters. The van der Waals surface area contributed by atoms with E-state index in [4.69, 9.17) is 9.84 Å². The minimum atomic E-state index is -2.00. The number of carbonyl (C=O) groups excluding carboxylic acids is 3. The molecule has 8 nitrogen and oxygen atoms in total. The number of nitrogens with zero attached hydrogens (tertiary/aromatic N) is 2. The van der Waals surface area contributed by atoms with Crippen molar-refractivity contribution in [2.24, 2.45) is 0 Å². The lowest BCUT2D eigenvalue weighted by molar-refractivity contribution is -0.227. The first kappa shape index (κ1) is 15.1. The van der Waals surface area contributed by atoms with Crippen LogP contribution < -0.4 is 0 Å². The number of benzene rings is 2. The Morgan fingerprint density at radius 2 is 1.54 bits per heavy atom. The highest BCUT2D eigenvalue weighted by Gasteiger charge is 2.50. The van der Waals surface area contributed by atoms with E-state index in [1.165, 1.54) is 36.7 Å². The van der Waals surface area contributed by atoms with Crippen molar-refractivity contribution in [3.8, 4) is 0 Å². The van der Waals surface area contributed by atoms with E-state index in [0.29, 0.717) is 10.8 Å². The van der Waals surface area contributed by atoms with E-state index >= 15 is 0 Å². The van der Waals surface area contributed by atoms with E-state index in [1.807, 2.05) is 0 Å². The van der Waals surface area contributed by atoms with Crippen molar-refractivity contribution in [3.63, 3.8) is 0 Å². The first-order chi connectivity index (χ1) is 12.5. The molecule has 0 saturated carbocycles. The number of aliphatic hydroxyl groups excluding tert-OH is 1. The van der Waals surface area contributed by atoms with Crippen molar-refractivity contribution >= 4 is 28.5 Å². The van der Waals surface area contributed by atoms with Gasteiger partial charge in [0.25, 0.3) is 17.7 Å². The van der Waals surface area contributed by atoms with Crippen LogP contribution >= 0.6 is 0 Å². The molecule has 2 N–H and O–H groups in total. The molecule has 0 saturated heterocycles. The van der Waals surface area contributed by atoms with Gasteiger partial charge in [0, 0.05) is 33.7 Å². The standard InChI is InChI=1S/C18H12N2O6/c21-7-5-19-15(22)9-1-2-11-14-12(4-3-10(13(9)14)16(19)23)18(25)20(17(11)24)6-8-26-18/h1-4,6,8,21,25H,5,7H2. The van der Waals surface area contributed by atoms with Crippen LogP contribution in [-0.2, 0) is 10.6 Å². The summed E-state index contributed by atoms with van der Waals surface area (Å²) < 4.78 is 5.27. The maximum atomic E-state index is 12.8. The summed E-state index contributed by atoms with van der Waals surface area (Å²) in [5.41, 5.74) is 1.04. The zero-order valence-electron chi connectivity index (χ0n) is 13.3. The van der Waals surface area contributed by atoms with Crippen molar-refractivity contribution in [1.82, 2.24) is 9.80 Å². The van der Waals surface area contributed by atoms with Crippen LogP contribution in [0.2, 0.25) is 0 Å². The lowest BCUT2D eigenvalue weighted by atomic mass is 9.85. The Morgan fingerprint density at radius 1 is 0.923 bits per heavy atom. The molecule has 2 aromatic carbocycles. The van der Waals surface area contributed by atoms with Gasteiger partial charge in [0.2, 0.25) is 0 Å². The molecule has 0 fully saturated rings. The van der Waals surface area contributed by atoms with E-state index in [0.717, 1.165) is 9.80 Å². The minimum Gasteiger partial charge on any atom is -0.447 e. The zero-order valence-corrected chi connectivity index (χ0v) is 13.3. The van der Waals surface area contributed by atoms with Gasteiger partial charge in [-0.3, -0.25) is 19.3 Å². The van der Waals surface area contributed by atoms with Crippen LogP contribution in [0, 0.1) is 0 Å². The van der Waals surface area contributed by atoms with Crippen molar-refractivity contribution in [2.75, 3.05) is 13.2 Å². The molecule has 3 heterocycles. The van der Waals surface area contributed by atoms with E-state index in [-0.39, 0.29) is 35.4 Å². The Morgan fingerprint density at radius 3 is 2.19 bits per heavy atom. The van der Waals surface area contributed by atoms with Gasteiger partial charge in [0.15, 0.2) is 0 Å². The molecule has 2 aromatic rings. The van der Waals surface area contributed by atoms with E-state index in [9.17, 15) is 19.5 Å². The SMILES string of the molecule is O=C1c2ccc3c4c(ccc(c24)C(=O)N1CCO)C1(O)OC=CN1C3=O. The molecule has 26 heavy (non-hydrogen) atoms. The van der Waals surface area contributed by atoms with Gasteiger partial charge in [0.05, 0.1) is 18.7 Å². The third kappa shape index (κ3) is 1.53. The molecule has 0 radical (unpaired) electrons. The van der Waals surface area contributed by atoms with Crippen LogP contribution in [0.5, 0.6) is 0 Å². The number of fused-ring (bicyclic) bond motifs is 2. The minimum absolute atomic E-state index is 0.119. The second-order valence-corrected chi connectivity index (χ2v) is 6.24. The van der Waals surface area contributed by atoms with Gasteiger partial charge in [-0.05, 0) is 24.3 Å². The smallest absolute Gasteiger partial charge is 0.327 e. The summed E-state index contributed by atoms with van der Waals surface area (Å²) in [5, 5.41) is 20.7. The fourth-order valence-corrected chi connectivity index (χ4v) is 3.86. The molecule has 130 valence electrons. The van der Waals surface area contributed by atoms with Crippen LogP contribution in [0.3, 0.4) is 0 Å². The maximum absolute atomic E-state index is 12.8. The van der Waals surface area contributed by atoms with Gasteiger partial charge < -0.3 is 14.9 Å². The van der Waals surface area contributed by atoms with E-state index in [1.54, 1.807) is 0 Å². The molecule has 3 aliphatic rings. The number of ether oxygens (including phenoxy) is 1. The van der Waals surface area contributed by atoms with Gasteiger partial charge in [-0.2, -0.15) is 0 Å². The largest absolute Gasteiger partial charge is 0.447 e. The molecular weight excluding hydrogens is 340 g/mol. The van der Waals surface area contributed by atoms with Crippen LogP contribution in [0.4, 0.5) is 0 Å². The molecule has 3 amide bonds. The summed E-state index contributed by atoms with van der Waals surface area (Å²) in [5.74, 6) is -3.59. The lowest BCUT2D eigenvalue weighted by Crippen LogP contribution is -2.48. The summed E-state index contributed by atoms with van der Waals surface area (Å²) in [4.78, 5) is 40.2. The molecule has 0 aliphatic carbocycles. The van der Waals surface area contributed by atoms with Crippen molar-refractivity contribution in [2.45, 2.75) is 5.91 Å². The Hall–Kier alpha value is -3.23. The van der Waals surface area contributed by atoms with Crippen LogP contribution in [-0.4, -0.2) is 50.9 Å². The highest BCUT2D eigenvalue weighted by molar-refractivity contribution is 6.28. The number of aliphatic hydroxyl groups is 2. The zero-order chi connectivity index (χ0) is 18.2. The number of amides is 3. The maximum Gasteiger partial charge on any atom is 0.327 e. The first-order valence-corrected chi connectivity index (χ1v) is 7.97. The number of imide groups is 1. The Labute approximate surface area is 146 Å². The molecule has 0 spiro atoms. The molecule has 1 unspecified atom stereocenters. The van der Waals surface area contributed by atoms with E-state index < -0.39 is 23.6 Å². The Balaban J connectivity index is 1.88. The Kier molecular flexibility index (Phi) is 2.71. The number of hydrogen-bond donors (Lipinski definition) is 2. The van der Waals surface area contributed by atoms with Gasteiger partial charge >= 0.3 is 5.91 Å². The summed E-state index contributed by atoms with van der Waals surface area (Å²) in [6.07, 6.45) is 2.56. The second-order valence-electron chi connectivity index (χ2n) is 6.24. The fourth-order valence-electron chi connectivity index (χ4n) is 3.86. The summed E-state index contributed by atoms with van der Waals surface area (Å²) in [6, 6.07) is 6.01. The predicted octanol–water partition coefficient (Wildman–Crippen LogP) is 0.488. The topological polar surface area (TPSA) is 107 Å². The quantitative estimate of drug-likeness (QED) is 0.762. The number of rotatable bonds is 2. The highest BCUT2D eigenvalue weighted by atomic mass is 16.7. The average Bonchev–Trinajstić information content (AvgIpc) is 3.04. The Bertz CT molecular complexity index is 1050. The van der Waals surface area contributed by atoms with Crippen LogP contribution in [0.1, 0.15) is 36.6 Å². The lowest BCUT2D eigenvalue weighted by Gasteiger charge is -2.38. The molecule has 8 heteroatoms. The third-order valence-electron chi connectivity index (χ3n) is 5.00. The van der Waals surface area contributed by atoms with Gasteiger partial charge in [-0.25, -0.2) is 4.90 Å². The molecule has 3 aliphatic heterocycles. The van der Waals surface area contributed by atoms with Gasteiger partial charge in [0.1, 0.15) is 6.26 Å².